The molecule has 1 aromatic heterocycles. The van der Waals surface area contributed by atoms with Crippen LogP contribution in [0.4, 0.5) is 8.78 Å². The van der Waals surface area contributed by atoms with E-state index >= 15 is 0 Å². The van der Waals surface area contributed by atoms with Crippen molar-refractivity contribution < 1.29 is 8.78 Å². The lowest BCUT2D eigenvalue weighted by Gasteiger charge is -2.22. The zero-order valence-corrected chi connectivity index (χ0v) is 10.2. The summed E-state index contributed by atoms with van der Waals surface area (Å²) in [4.78, 5) is 4.19. The Morgan fingerprint density at radius 1 is 1.65 bits per heavy atom. The van der Waals surface area contributed by atoms with Gasteiger partial charge in [-0.15, -0.1) is 0 Å². The Labute approximate surface area is 99.4 Å². The van der Waals surface area contributed by atoms with Crippen LogP contribution < -0.4 is 5.32 Å². The molecule has 0 spiro atoms. The molecular weight excluding hydrogens is 226 g/mol. The third-order valence-corrected chi connectivity index (χ3v) is 3.45. The minimum atomic E-state index is -2.52. The molecule has 1 aromatic rings. The Morgan fingerprint density at radius 3 is 2.94 bits per heavy atom. The molecule has 6 heteroatoms. The Bertz CT molecular complexity index is 377. The fourth-order valence-corrected chi connectivity index (χ4v) is 2.60. The average Bonchev–Trinajstić information content (AvgIpc) is 2.87. The fourth-order valence-electron chi connectivity index (χ4n) is 2.60. The van der Waals surface area contributed by atoms with Crippen LogP contribution in [0, 0.1) is 5.92 Å². The second kappa shape index (κ2) is 4.68. The molecule has 0 bridgehead atoms. The predicted octanol–water partition coefficient (Wildman–Crippen LogP) is 1.99. The quantitative estimate of drug-likeness (QED) is 0.880. The fraction of sp³-hybridized carbons (Fsp3) is 0.818. The van der Waals surface area contributed by atoms with E-state index in [1.807, 2.05) is 6.92 Å². The van der Waals surface area contributed by atoms with Gasteiger partial charge < -0.3 is 5.32 Å². The highest BCUT2D eigenvalue weighted by molar-refractivity contribution is 5.00. The first-order chi connectivity index (χ1) is 8.07. The topological polar surface area (TPSA) is 42.7 Å². The Morgan fingerprint density at radius 2 is 2.41 bits per heavy atom. The van der Waals surface area contributed by atoms with Crippen LogP contribution >= 0.6 is 0 Å². The lowest BCUT2D eigenvalue weighted by Crippen LogP contribution is -2.28. The second-order valence-electron chi connectivity index (χ2n) is 4.56. The number of nitrogens with one attached hydrogen (secondary N) is 1. The van der Waals surface area contributed by atoms with E-state index in [2.05, 4.69) is 15.4 Å². The highest BCUT2D eigenvalue weighted by Gasteiger charge is 2.43. The van der Waals surface area contributed by atoms with Crippen LogP contribution in [0.25, 0.3) is 0 Å². The summed E-state index contributed by atoms with van der Waals surface area (Å²) in [5, 5.41) is 7.19. The number of hydrogen-bond acceptors (Lipinski definition) is 3. The van der Waals surface area contributed by atoms with Gasteiger partial charge in [0.2, 0.25) is 5.92 Å². The SMILES string of the molecule is CCn1ncnc1C(NC)C1CCC(F)(F)C1. The summed E-state index contributed by atoms with van der Waals surface area (Å²) in [5.74, 6) is -1.82. The van der Waals surface area contributed by atoms with Crippen molar-refractivity contribution >= 4 is 0 Å². The number of alkyl halides is 2. The van der Waals surface area contributed by atoms with Gasteiger partial charge in [0.1, 0.15) is 12.2 Å². The standard InChI is InChI=1S/C11H18F2N4/c1-3-17-10(15-7-16-17)9(14-2)8-4-5-11(12,13)6-8/h7-9,14H,3-6H2,1-2H3. The van der Waals surface area contributed by atoms with Crippen molar-refractivity contribution in [1.29, 1.82) is 0 Å². The molecule has 2 rings (SSSR count). The molecule has 0 saturated heterocycles. The first-order valence-corrected chi connectivity index (χ1v) is 6.00. The highest BCUT2D eigenvalue weighted by atomic mass is 19.3. The van der Waals surface area contributed by atoms with Crippen molar-refractivity contribution in [2.24, 2.45) is 5.92 Å². The molecule has 17 heavy (non-hydrogen) atoms. The van der Waals surface area contributed by atoms with Gasteiger partial charge in [0.25, 0.3) is 0 Å². The van der Waals surface area contributed by atoms with Gasteiger partial charge in [-0.05, 0) is 26.3 Å². The summed E-state index contributed by atoms with van der Waals surface area (Å²) < 4.78 is 28.3. The molecule has 1 heterocycles. The van der Waals surface area contributed by atoms with Crippen LogP contribution in [-0.4, -0.2) is 27.7 Å². The predicted molar refractivity (Wildman–Crippen MR) is 59.8 cm³/mol. The maximum absolute atomic E-state index is 13.2. The van der Waals surface area contributed by atoms with E-state index in [0.29, 0.717) is 13.0 Å². The molecule has 1 fully saturated rings. The average molecular weight is 244 g/mol. The summed E-state index contributed by atoms with van der Waals surface area (Å²) in [5.41, 5.74) is 0. The molecule has 1 N–H and O–H groups in total. The maximum Gasteiger partial charge on any atom is 0.248 e. The monoisotopic (exact) mass is 244 g/mol. The van der Waals surface area contributed by atoms with Crippen molar-refractivity contribution in [2.45, 2.75) is 44.7 Å². The van der Waals surface area contributed by atoms with Gasteiger partial charge in [0.05, 0.1) is 6.04 Å². The molecule has 0 radical (unpaired) electrons. The van der Waals surface area contributed by atoms with Gasteiger partial charge >= 0.3 is 0 Å². The Kier molecular flexibility index (Phi) is 3.42. The molecule has 1 aliphatic carbocycles. The van der Waals surface area contributed by atoms with E-state index < -0.39 is 5.92 Å². The van der Waals surface area contributed by atoms with Gasteiger partial charge in [-0.2, -0.15) is 5.10 Å². The molecule has 2 unspecified atom stereocenters. The van der Waals surface area contributed by atoms with Crippen LogP contribution in [0.5, 0.6) is 0 Å². The molecule has 4 nitrogen and oxygen atoms in total. The third kappa shape index (κ3) is 2.46. The van der Waals surface area contributed by atoms with E-state index in [1.54, 1.807) is 11.7 Å². The minimum absolute atomic E-state index is 0.0177. The normalized spacial score (nSPS) is 25.1. The summed E-state index contributed by atoms with van der Waals surface area (Å²) in [6, 6.07) is -0.133. The van der Waals surface area contributed by atoms with Gasteiger partial charge in [0.15, 0.2) is 0 Å². The summed E-state index contributed by atoms with van der Waals surface area (Å²) in [6.45, 7) is 2.67. The van der Waals surface area contributed by atoms with E-state index in [0.717, 1.165) is 5.82 Å². The second-order valence-corrected chi connectivity index (χ2v) is 4.56. The van der Waals surface area contributed by atoms with E-state index in [4.69, 9.17) is 0 Å². The van der Waals surface area contributed by atoms with Gasteiger partial charge in [-0.3, -0.25) is 0 Å². The molecule has 2 atom stereocenters. The number of aryl methyl sites for hydroxylation is 1. The number of aromatic nitrogens is 3. The van der Waals surface area contributed by atoms with E-state index in [1.165, 1.54) is 6.33 Å². The van der Waals surface area contributed by atoms with E-state index in [9.17, 15) is 8.78 Å². The third-order valence-electron chi connectivity index (χ3n) is 3.45. The van der Waals surface area contributed by atoms with Crippen molar-refractivity contribution in [2.75, 3.05) is 7.05 Å². The molecule has 0 amide bonds. The summed E-state index contributed by atoms with van der Waals surface area (Å²) in [7, 11) is 1.79. The van der Waals surface area contributed by atoms with Crippen molar-refractivity contribution in [3.05, 3.63) is 12.2 Å². The lowest BCUT2D eigenvalue weighted by atomic mass is 9.97. The maximum atomic E-state index is 13.2. The molecule has 0 aromatic carbocycles. The van der Waals surface area contributed by atoms with Gasteiger partial charge in [-0.25, -0.2) is 18.4 Å². The lowest BCUT2D eigenvalue weighted by molar-refractivity contribution is 0.00318. The molecule has 0 aliphatic heterocycles. The van der Waals surface area contributed by atoms with Crippen LogP contribution in [-0.2, 0) is 6.54 Å². The molecule has 96 valence electrons. The zero-order chi connectivity index (χ0) is 12.5. The van der Waals surface area contributed by atoms with Crippen LogP contribution in [0.3, 0.4) is 0 Å². The Balaban J connectivity index is 2.17. The first-order valence-electron chi connectivity index (χ1n) is 6.00. The van der Waals surface area contributed by atoms with Gasteiger partial charge in [-0.1, -0.05) is 0 Å². The molecular formula is C11H18F2N4. The zero-order valence-electron chi connectivity index (χ0n) is 10.2. The smallest absolute Gasteiger partial charge is 0.248 e. The number of rotatable bonds is 4. The highest BCUT2D eigenvalue weighted by Crippen LogP contribution is 2.43. The van der Waals surface area contributed by atoms with Crippen LogP contribution in [0.2, 0.25) is 0 Å². The molecule has 1 aliphatic rings. The van der Waals surface area contributed by atoms with Crippen LogP contribution in [0.15, 0.2) is 6.33 Å². The summed E-state index contributed by atoms with van der Waals surface area (Å²) in [6.07, 6.45) is 1.94. The van der Waals surface area contributed by atoms with E-state index in [-0.39, 0.29) is 24.8 Å². The molecule has 1 saturated carbocycles. The number of nitrogens with zero attached hydrogens (tertiary/aromatic N) is 3. The number of hydrogen-bond donors (Lipinski definition) is 1. The number of halogens is 2. The first kappa shape index (κ1) is 12.4. The summed E-state index contributed by atoms with van der Waals surface area (Å²) >= 11 is 0. The van der Waals surface area contributed by atoms with Crippen LogP contribution in [0.1, 0.15) is 38.1 Å². The van der Waals surface area contributed by atoms with Crippen molar-refractivity contribution in [1.82, 2.24) is 20.1 Å². The Hall–Kier alpha value is -1.04. The largest absolute Gasteiger partial charge is 0.310 e. The van der Waals surface area contributed by atoms with Crippen molar-refractivity contribution in [3.63, 3.8) is 0 Å². The van der Waals surface area contributed by atoms with Crippen molar-refractivity contribution in [3.8, 4) is 0 Å². The minimum Gasteiger partial charge on any atom is -0.310 e. The van der Waals surface area contributed by atoms with Gasteiger partial charge in [0, 0.05) is 19.4 Å².